The Labute approximate surface area is 121 Å². The van der Waals surface area contributed by atoms with E-state index >= 15 is 0 Å². The van der Waals surface area contributed by atoms with Crippen LogP contribution in [0.3, 0.4) is 0 Å². The Morgan fingerprint density at radius 1 is 1.30 bits per heavy atom. The van der Waals surface area contributed by atoms with Crippen molar-refractivity contribution in [2.45, 2.75) is 44.7 Å². The minimum absolute atomic E-state index is 0.189. The van der Waals surface area contributed by atoms with Gasteiger partial charge < -0.3 is 9.84 Å². The third-order valence-corrected chi connectivity index (χ3v) is 4.89. The maximum absolute atomic E-state index is 12.5. The van der Waals surface area contributed by atoms with Gasteiger partial charge in [0.15, 0.2) is 0 Å². The molecule has 0 saturated carbocycles. The average molecular weight is 301 g/mol. The number of benzene rings is 1. The number of aliphatic hydroxyl groups excluding tert-OH is 1. The van der Waals surface area contributed by atoms with Crippen molar-refractivity contribution in [3.8, 4) is 0 Å². The summed E-state index contributed by atoms with van der Waals surface area (Å²) in [7, 11) is -2.14. The fraction of sp³-hybridized carbons (Fsp3) is 0.571. The highest BCUT2D eigenvalue weighted by molar-refractivity contribution is 7.89. The molecule has 1 aromatic carbocycles. The van der Waals surface area contributed by atoms with Gasteiger partial charge in [-0.1, -0.05) is 6.07 Å². The smallest absolute Gasteiger partial charge is 0.241 e. The molecule has 0 unspecified atom stereocenters. The molecule has 0 fully saturated rings. The molecule has 0 amide bonds. The molecule has 0 spiro atoms. The lowest BCUT2D eigenvalue weighted by molar-refractivity contribution is 0.141. The number of hydrogen-bond donors (Lipinski definition) is 2. The highest BCUT2D eigenvalue weighted by Crippen LogP contribution is 2.22. The van der Waals surface area contributed by atoms with Crippen LogP contribution < -0.4 is 4.72 Å². The zero-order chi connectivity index (χ0) is 15.6. The summed E-state index contributed by atoms with van der Waals surface area (Å²) in [6, 6.07) is 3.29. The molecule has 0 aliphatic rings. The molecule has 0 heterocycles. The van der Waals surface area contributed by atoms with Crippen LogP contribution in [0, 0.1) is 13.8 Å². The van der Waals surface area contributed by atoms with Gasteiger partial charge in [0, 0.05) is 7.11 Å². The predicted molar refractivity (Wildman–Crippen MR) is 78.1 cm³/mol. The van der Waals surface area contributed by atoms with Crippen LogP contribution in [0.5, 0.6) is 0 Å². The van der Waals surface area contributed by atoms with Crippen molar-refractivity contribution < 1.29 is 18.3 Å². The second-order valence-corrected chi connectivity index (χ2v) is 7.27. The normalized spacial score (nSPS) is 12.7. The van der Waals surface area contributed by atoms with Crippen LogP contribution >= 0.6 is 0 Å². The maximum Gasteiger partial charge on any atom is 0.241 e. The zero-order valence-corrected chi connectivity index (χ0v) is 13.5. The zero-order valence-electron chi connectivity index (χ0n) is 12.6. The minimum Gasteiger partial charge on any atom is -0.392 e. The number of rotatable bonds is 6. The van der Waals surface area contributed by atoms with Crippen molar-refractivity contribution in [2.75, 3.05) is 13.7 Å². The Kier molecular flexibility index (Phi) is 5.32. The summed E-state index contributed by atoms with van der Waals surface area (Å²) in [5.74, 6) is 0. The SMILES string of the molecule is COCC(C)(C)NS(=O)(=O)c1cc(CO)cc(C)c1C. The van der Waals surface area contributed by atoms with Gasteiger partial charge in [0.1, 0.15) is 0 Å². The second kappa shape index (κ2) is 6.22. The molecule has 5 nitrogen and oxygen atoms in total. The van der Waals surface area contributed by atoms with Crippen molar-refractivity contribution >= 4 is 10.0 Å². The highest BCUT2D eigenvalue weighted by atomic mass is 32.2. The molecule has 2 N–H and O–H groups in total. The standard InChI is InChI=1S/C14H23NO4S/c1-10-6-12(8-16)7-13(11(10)2)20(17,18)15-14(3,4)9-19-5/h6-7,15-16H,8-9H2,1-5H3. The first-order valence-electron chi connectivity index (χ1n) is 6.37. The van der Waals surface area contributed by atoms with Crippen LogP contribution in [0.4, 0.5) is 0 Å². The largest absolute Gasteiger partial charge is 0.392 e. The molecule has 0 aromatic heterocycles. The van der Waals surface area contributed by atoms with Gasteiger partial charge in [-0.2, -0.15) is 0 Å². The lowest BCUT2D eigenvalue weighted by atomic mass is 10.1. The summed E-state index contributed by atoms with van der Waals surface area (Å²) < 4.78 is 32.7. The van der Waals surface area contributed by atoms with E-state index in [0.29, 0.717) is 11.1 Å². The first-order chi connectivity index (χ1) is 9.13. The van der Waals surface area contributed by atoms with Crippen LogP contribution in [0.25, 0.3) is 0 Å². The lowest BCUT2D eigenvalue weighted by Gasteiger charge is -2.25. The molecule has 20 heavy (non-hydrogen) atoms. The van der Waals surface area contributed by atoms with E-state index in [2.05, 4.69) is 4.72 Å². The van der Waals surface area contributed by atoms with Crippen molar-refractivity contribution in [3.05, 3.63) is 28.8 Å². The summed E-state index contributed by atoms with van der Waals surface area (Å²) in [4.78, 5) is 0.200. The van der Waals surface area contributed by atoms with Gasteiger partial charge in [-0.05, 0) is 50.5 Å². The lowest BCUT2D eigenvalue weighted by Crippen LogP contribution is -2.46. The van der Waals surface area contributed by atoms with Gasteiger partial charge in [0.25, 0.3) is 0 Å². The number of sulfonamides is 1. The monoisotopic (exact) mass is 301 g/mol. The van der Waals surface area contributed by atoms with E-state index in [1.165, 1.54) is 13.2 Å². The van der Waals surface area contributed by atoms with Gasteiger partial charge in [-0.25, -0.2) is 13.1 Å². The average Bonchev–Trinajstić information content (AvgIpc) is 2.30. The summed E-state index contributed by atoms with van der Waals surface area (Å²) >= 11 is 0. The molecule has 0 atom stereocenters. The Hall–Kier alpha value is -0.950. The predicted octanol–water partition coefficient (Wildman–Crippen LogP) is 1.50. The molecule has 0 bridgehead atoms. The summed E-state index contributed by atoms with van der Waals surface area (Å²) in [6.07, 6.45) is 0. The maximum atomic E-state index is 12.5. The molecular weight excluding hydrogens is 278 g/mol. The molecule has 0 aliphatic heterocycles. The number of ether oxygens (including phenoxy) is 1. The third kappa shape index (κ3) is 4.02. The van der Waals surface area contributed by atoms with Crippen LogP contribution in [0.1, 0.15) is 30.5 Å². The van der Waals surface area contributed by atoms with E-state index in [1.807, 2.05) is 6.92 Å². The van der Waals surface area contributed by atoms with E-state index < -0.39 is 15.6 Å². The van der Waals surface area contributed by atoms with E-state index in [1.54, 1.807) is 26.8 Å². The number of methoxy groups -OCH3 is 1. The molecule has 1 rings (SSSR count). The summed E-state index contributed by atoms with van der Waals surface area (Å²) in [6.45, 7) is 7.18. The first-order valence-corrected chi connectivity index (χ1v) is 7.85. The molecule has 0 aliphatic carbocycles. The third-order valence-electron chi connectivity index (χ3n) is 3.07. The van der Waals surface area contributed by atoms with Gasteiger partial charge >= 0.3 is 0 Å². The minimum atomic E-state index is -3.67. The molecule has 114 valence electrons. The van der Waals surface area contributed by atoms with Crippen LogP contribution in [-0.2, 0) is 21.4 Å². The summed E-state index contributed by atoms with van der Waals surface area (Å²) in [5, 5.41) is 9.22. The van der Waals surface area contributed by atoms with E-state index in [4.69, 9.17) is 4.74 Å². The van der Waals surface area contributed by atoms with Crippen LogP contribution in [0.15, 0.2) is 17.0 Å². The fourth-order valence-electron chi connectivity index (χ4n) is 2.08. The number of aliphatic hydroxyl groups is 1. The van der Waals surface area contributed by atoms with E-state index in [-0.39, 0.29) is 18.1 Å². The molecule has 1 aromatic rings. The molecule has 0 saturated heterocycles. The van der Waals surface area contributed by atoms with E-state index in [9.17, 15) is 13.5 Å². The fourth-order valence-corrected chi connectivity index (χ4v) is 3.85. The molecule has 0 radical (unpaired) electrons. The van der Waals surface area contributed by atoms with Gasteiger partial charge in [-0.15, -0.1) is 0 Å². The first kappa shape index (κ1) is 17.1. The highest BCUT2D eigenvalue weighted by Gasteiger charge is 2.27. The molecular formula is C14H23NO4S. The van der Waals surface area contributed by atoms with Gasteiger partial charge in [0.05, 0.1) is 23.6 Å². The van der Waals surface area contributed by atoms with Crippen molar-refractivity contribution in [3.63, 3.8) is 0 Å². The number of hydrogen-bond acceptors (Lipinski definition) is 4. The number of nitrogens with one attached hydrogen (secondary N) is 1. The van der Waals surface area contributed by atoms with Crippen molar-refractivity contribution in [1.29, 1.82) is 0 Å². The Morgan fingerprint density at radius 3 is 2.40 bits per heavy atom. The molecule has 6 heteroatoms. The number of aryl methyl sites for hydroxylation is 1. The quantitative estimate of drug-likeness (QED) is 0.835. The van der Waals surface area contributed by atoms with Crippen LogP contribution in [0.2, 0.25) is 0 Å². The Bertz CT molecular complexity index is 579. The van der Waals surface area contributed by atoms with Crippen molar-refractivity contribution in [2.24, 2.45) is 0 Å². The Balaban J connectivity index is 3.25. The second-order valence-electron chi connectivity index (χ2n) is 5.62. The van der Waals surface area contributed by atoms with Crippen molar-refractivity contribution in [1.82, 2.24) is 4.72 Å². The van der Waals surface area contributed by atoms with E-state index in [0.717, 1.165) is 5.56 Å². The Morgan fingerprint density at radius 2 is 1.90 bits per heavy atom. The topological polar surface area (TPSA) is 75.6 Å². The summed E-state index contributed by atoms with van der Waals surface area (Å²) in [5.41, 5.74) is 1.39. The van der Waals surface area contributed by atoms with Crippen LogP contribution in [-0.4, -0.2) is 32.8 Å². The van der Waals surface area contributed by atoms with Gasteiger partial charge in [-0.3, -0.25) is 0 Å². The van der Waals surface area contributed by atoms with Gasteiger partial charge in [0.2, 0.25) is 10.0 Å².